The maximum Gasteiger partial charge on any atom is 0.116 e. The smallest absolute Gasteiger partial charge is 0.116 e. The number of nitrogens with zero attached hydrogens (tertiary/aromatic N) is 2. The monoisotopic (exact) mass is 226 g/mol. The van der Waals surface area contributed by atoms with Crippen LogP contribution in [0.1, 0.15) is 5.56 Å². The van der Waals surface area contributed by atoms with Gasteiger partial charge in [0.15, 0.2) is 0 Å². The first-order chi connectivity index (χ1) is 8.40. The van der Waals surface area contributed by atoms with E-state index in [0.717, 1.165) is 16.8 Å². The molecular formula is C14H14N2O. The molecule has 3 nitrogen and oxygen atoms in total. The third-order valence-electron chi connectivity index (χ3n) is 2.36. The van der Waals surface area contributed by atoms with Gasteiger partial charge in [0.2, 0.25) is 0 Å². The van der Waals surface area contributed by atoms with Gasteiger partial charge in [0.05, 0.1) is 12.3 Å². The van der Waals surface area contributed by atoms with Crippen LogP contribution in [0.4, 0.5) is 0 Å². The molecule has 1 aromatic heterocycles. The van der Waals surface area contributed by atoms with Crippen molar-refractivity contribution in [2.45, 2.75) is 0 Å². The summed E-state index contributed by atoms with van der Waals surface area (Å²) in [4.78, 5) is 8.11. The van der Waals surface area contributed by atoms with Crippen molar-refractivity contribution in [2.24, 2.45) is 0 Å². The predicted molar refractivity (Wildman–Crippen MR) is 68.4 cm³/mol. The van der Waals surface area contributed by atoms with Crippen LogP contribution in [0.15, 0.2) is 48.9 Å². The summed E-state index contributed by atoms with van der Waals surface area (Å²) in [7, 11) is 1.68. The highest BCUT2D eigenvalue weighted by molar-refractivity contribution is 5.61. The van der Waals surface area contributed by atoms with Gasteiger partial charge < -0.3 is 4.74 Å². The molecule has 2 aromatic rings. The van der Waals surface area contributed by atoms with Crippen molar-refractivity contribution in [3.05, 3.63) is 54.5 Å². The van der Waals surface area contributed by atoms with E-state index in [-0.39, 0.29) is 0 Å². The summed E-state index contributed by atoms with van der Waals surface area (Å²) < 4.78 is 4.95. The highest BCUT2D eigenvalue weighted by atomic mass is 16.5. The topological polar surface area (TPSA) is 35.0 Å². The molecule has 0 radical (unpaired) electrons. The van der Waals surface area contributed by atoms with E-state index in [0.29, 0.717) is 6.61 Å². The first-order valence-corrected chi connectivity index (χ1v) is 5.42. The van der Waals surface area contributed by atoms with Gasteiger partial charge in [-0.05, 0) is 11.6 Å². The van der Waals surface area contributed by atoms with Crippen LogP contribution in [0.25, 0.3) is 17.3 Å². The minimum Gasteiger partial charge on any atom is -0.381 e. The number of aromatic nitrogens is 2. The molecule has 2 rings (SSSR count). The van der Waals surface area contributed by atoms with Crippen LogP contribution >= 0.6 is 0 Å². The van der Waals surface area contributed by atoms with Crippen LogP contribution in [-0.2, 0) is 4.74 Å². The van der Waals surface area contributed by atoms with E-state index in [1.54, 1.807) is 19.6 Å². The van der Waals surface area contributed by atoms with E-state index in [4.69, 9.17) is 4.74 Å². The summed E-state index contributed by atoms with van der Waals surface area (Å²) in [5.74, 6) is 0. The standard InChI is InChI=1S/C14H14N2O/c1-17-10-2-3-12-4-6-13(7-5-12)14-8-9-15-11-16-14/h2-9,11H,10H2,1H3/b3-2+. The molecule has 86 valence electrons. The molecule has 3 heteroatoms. The van der Waals surface area contributed by atoms with E-state index < -0.39 is 0 Å². The molecule has 0 saturated carbocycles. The van der Waals surface area contributed by atoms with Crippen molar-refractivity contribution < 1.29 is 4.74 Å². The van der Waals surface area contributed by atoms with Gasteiger partial charge in [-0.25, -0.2) is 9.97 Å². The molecule has 0 aliphatic rings. The zero-order chi connectivity index (χ0) is 11.9. The molecule has 1 aromatic carbocycles. The molecular weight excluding hydrogens is 212 g/mol. The normalized spacial score (nSPS) is 10.9. The van der Waals surface area contributed by atoms with Crippen molar-refractivity contribution >= 4 is 6.08 Å². The van der Waals surface area contributed by atoms with Crippen LogP contribution in [-0.4, -0.2) is 23.7 Å². The fourth-order valence-corrected chi connectivity index (χ4v) is 1.51. The Labute approximate surface area is 101 Å². The lowest BCUT2D eigenvalue weighted by Gasteiger charge is -2.00. The van der Waals surface area contributed by atoms with Crippen molar-refractivity contribution in [1.29, 1.82) is 0 Å². The van der Waals surface area contributed by atoms with Gasteiger partial charge in [0.1, 0.15) is 6.33 Å². The molecule has 0 fully saturated rings. The molecule has 0 unspecified atom stereocenters. The number of benzene rings is 1. The number of ether oxygens (including phenoxy) is 1. The first kappa shape index (κ1) is 11.5. The van der Waals surface area contributed by atoms with Crippen LogP contribution < -0.4 is 0 Å². The highest BCUT2D eigenvalue weighted by Gasteiger charge is 1.96. The molecule has 0 N–H and O–H groups in total. The Morgan fingerprint density at radius 3 is 2.65 bits per heavy atom. The van der Waals surface area contributed by atoms with E-state index >= 15 is 0 Å². The van der Waals surface area contributed by atoms with Gasteiger partial charge in [-0.15, -0.1) is 0 Å². The summed E-state index contributed by atoms with van der Waals surface area (Å²) in [5.41, 5.74) is 3.18. The van der Waals surface area contributed by atoms with E-state index in [1.165, 1.54) is 0 Å². The number of hydrogen-bond donors (Lipinski definition) is 0. The van der Waals surface area contributed by atoms with E-state index in [1.807, 2.05) is 18.2 Å². The van der Waals surface area contributed by atoms with Gasteiger partial charge in [-0.2, -0.15) is 0 Å². The quantitative estimate of drug-likeness (QED) is 0.804. The maximum absolute atomic E-state index is 4.95. The maximum atomic E-state index is 4.95. The highest BCUT2D eigenvalue weighted by Crippen LogP contribution is 2.16. The second-order valence-corrected chi connectivity index (χ2v) is 3.57. The van der Waals surface area contributed by atoms with Gasteiger partial charge in [-0.1, -0.05) is 36.4 Å². The van der Waals surface area contributed by atoms with Gasteiger partial charge in [0.25, 0.3) is 0 Å². The lowest BCUT2D eigenvalue weighted by molar-refractivity contribution is 0.234. The fourth-order valence-electron chi connectivity index (χ4n) is 1.51. The molecule has 0 saturated heterocycles. The zero-order valence-electron chi connectivity index (χ0n) is 9.71. The molecule has 0 atom stereocenters. The molecule has 0 bridgehead atoms. The van der Waals surface area contributed by atoms with Gasteiger partial charge >= 0.3 is 0 Å². The van der Waals surface area contributed by atoms with E-state index in [2.05, 4.69) is 34.2 Å². The van der Waals surface area contributed by atoms with Crippen molar-refractivity contribution in [2.75, 3.05) is 13.7 Å². The number of hydrogen-bond acceptors (Lipinski definition) is 3. The van der Waals surface area contributed by atoms with Crippen LogP contribution in [0.2, 0.25) is 0 Å². The molecule has 17 heavy (non-hydrogen) atoms. The minimum atomic E-state index is 0.633. The Kier molecular flexibility index (Phi) is 4.00. The Balaban J connectivity index is 2.13. The second-order valence-electron chi connectivity index (χ2n) is 3.57. The summed E-state index contributed by atoms with van der Waals surface area (Å²) >= 11 is 0. The Bertz CT molecular complexity index is 477. The summed E-state index contributed by atoms with van der Waals surface area (Å²) in [6.45, 7) is 0.633. The van der Waals surface area contributed by atoms with Gasteiger partial charge in [-0.3, -0.25) is 0 Å². The average molecular weight is 226 g/mol. The first-order valence-electron chi connectivity index (χ1n) is 5.42. The van der Waals surface area contributed by atoms with Crippen molar-refractivity contribution in [1.82, 2.24) is 9.97 Å². The van der Waals surface area contributed by atoms with Crippen LogP contribution in [0.5, 0.6) is 0 Å². The second kappa shape index (κ2) is 5.92. The number of rotatable bonds is 4. The Hall–Kier alpha value is -2.00. The fraction of sp³-hybridized carbons (Fsp3) is 0.143. The molecule has 1 heterocycles. The molecule has 0 amide bonds. The summed E-state index contributed by atoms with van der Waals surface area (Å²) in [6.07, 6.45) is 7.32. The largest absolute Gasteiger partial charge is 0.381 e. The molecule has 0 spiro atoms. The van der Waals surface area contributed by atoms with Gasteiger partial charge in [0, 0.05) is 18.9 Å². The summed E-state index contributed by atoms with van der Waals surface area (Å²) in [5, 5.41) is 0. The summed E-state index contributed by atoms with van der Waals surface area (Å²) in [6, 6.07) is 10.1. The third kappa shape index (κ3) is 3.23. The zero-order valence-corrected chi connectivity index (χ0v) is 9.71. The average Bonchev–Trinajstić information content (AvgIpc) is 2.41. The number of methoxy groups -OCH3 is 1. The SMILES string of the molecule is COC/C=C/c1ccc(-c2ccncn2)cc1. The third-order valence-corrected chi connectivity index (χ3v) is 2.36. The van der Waals surface area contributed by atoms with Crippen molar-refractivity contribution in [3.8, 4) is 11.3 Å². The Morgan fingerprint density at radius 2 is 2.00 bits per heavy atom. The lowest BCUT2D eigenvalue weighted by Crippen LogP contribution is -1.84. The van der Waals surface area contributed by atoms with Crippen LogP contribution in [0.3, 0.4) is 0 Å². The molecule has 0 aliphatic heterocycles. The lowest BCUT2D eigenvalue weighted by atomic mass is 10.1. The van der Waals surface area contributed by atoms with Crippen molar-refractivity contribution in [3.63, 3.8) is 0 Å². The minimum absolute atomic E-state index is 0.633. The van der Waals surface area contributed by atoms with Crippen LogP contribution in [0, 0.1) is 0 Å². The Morgan fingerprint density at radius 1 is 1.18 bits per heavy atom. The van der Waals surface area contributed by atoms with E-state index in [9.17, 15) is 0 Å². The molecule has 0 aliphatic carbocycles. The predicted octanol–water partition coefficient (Wildman–Crippen LogP) is 2.80.